The summed E-state index contributed by atoms with van der Waals surface area (Å²) in [6.45, 7) is 5.01. The Kier molecular flexibility index (Phi) is 5.00. The van der Waals surface area contributed by atoms with Crippen LogP contribution in [0.3, 0.4) is 0 Å². The number of sulfone groups is 1. The predicted molar refractivity (Wildman–Crippen MR) is 94.7 cm³/mol. The van der Waals surface area contributed by atoms with Gasteiger partial charge in [-0.1, -0.05) is 19.9 Å². The monoisotopic (exact) mass is 349 g/mol. The minimum absolute atomic E-state index is 0.0177. The molecule has 1 atom stereocenters. The molecule has 1 unspecified atom stereocenters. The second kappa shape index (κ2) is 6.87. The Labute approximate surface area is 145 Å². The molecule has 1 heterocycles. The van der Waals surface area contributed by atoms with Crippen molar-refractivity contribution in [1.82, 2.24) is 4.90 Å². The number of rotatable bonds is 5. The van der Waals surface area contributed by atoms with E-state index in [0.29, 0.717) is 10.8 Å². The van der Waals surface area contributed by atoms with Crippen molar-refractivity contribution < 1.29 is 13.2 Å². The number of nitrogens with zero attached hydrogens (tertiary/aromatic N) is 1. The zero-order valence-corrected chi connectivity index (χ0v) is 15.4. The normalized spacial score (nSPS) is 20.6. The lowest BCUT2D eigenvalue weighted by atomic mass is 10.0. The predicted octanol–water partition coefficient (Wildman–Crippen LogP) is 2.99. The van der Waals surface area contributed by atoms with Crippen molar-refractivity contribution in [3.05, 3.63) is 29.3 Å². The highest BCUT2D eigenvalue weighted by atomic mass is 32.2. The van der Waals surface area contributed by atoms with Gasteiger partial charge < -0.3 is 4.90 Å². The second-order valence-corrected chi connectivity index (χ2v) is 9.50. The number of hydrogen-bond donors (Lipinski definition) is 0. The fraction of sp³-hybridized carbons (Fsp3) is 0.632. The average Bonchev–Trinajstić information content (AvgIpc) is 3.20. The fourth-order valence-electron chi connectivity index (χ4n) is 4.02. The Morgan fingerprint density at radius 3 is 2.71 bits per heavy atom. The molecule has 2 aliphatic rings. The number of carbonyl (C=O) groups excluding carboxylic acids is 1. The molecule has 1 aromatic rings. The molecule has 1 aliphatic carbocycles. The number of benzene rings is 1. The molecule has 1 saturated heterocycles. The molecule has 0 radical (unpaired) electrons. The number of aryl methyl sites for hydroxylation is 2. The molecule has 4 nitrogen and oxygen atoms in total. The van der Waals surface area contributed by atoms with E-state index >= 15 is 0 Å². The molecule has 0 N–H and O–H groups in total. The van der Waals surface area contributed by atoms with Crippen LogP contribution in [0.15, 0.2) is 23.1 Å². The minimum atomic E-state index is -3.39. The Bertz CT molecular complexity index is 724. The summed E-state index contributed by atoms with van der Waals surface area (Å²) in [7, 11) is -3.39. The van der Waals surface area contributed by atoms with Crippen molar-refractivity contribution in [2.75, 3.05) is 12.3 Å². The largest absolute Gasteiger partial charge is 0.339 e. The highest BCUT2D eigenvalue weighted by Gasteiger charge is 2.31. The second-order valence-electron chi connectivity index (χ2n) is 7.39. The van der Waals surface area contributed by atoms with Gasteiger partial charge in [-0.05, 0) is 61.3 Å². The summed E-state index contributed by atoms with van der Waals surface area (Å²) in [5.41, 5.74) is 2.42. The maximum atomic E-state index is 12.6. The fourth-order valence-corrected chi connectivity index (χ4v) is 5.30. The molecule has 1 aromatic carbocycles. The first kappa shape index (κ1) is 17.5. The summed E-state index contributed by atoms with van der Waals surface area (Å²) in [5, 5.41) is 0. The Morgan fingerprint density at radius 2 is 1.96 bits per heavy atom. The number of amides is 1. The summed E-state index contributed by atoms with van der Waals surface area (Å²) in [6.07, 6.45) is 5.24. The first-order valence-electron chi connectivity index (χ1n) is 9.02. The Morgan fingerprint density at radius 1 is 1.21 bits per heavy atom. The van der Waals surface area contributed by atoms with Crippen LogP contribution in [0.1, 0.15) is 50.7 Å². The molecule has 1 fully saturated rings. The lowest BCUT2D eigenvalue weighted by Crippen LogP contribution is -2.39. The molecular formula is C19H27NO3S. The van der Waals surface area contributed by atoms with Gasteiger partial charge in [-0.15, -0.1) is 0 Å². The van der Waals surface area contributed by atoms with Gasteiger partial charge in [0.1, 0.15) is 0 Å². The van der Waals surface area contributed by atoms with Crippen molar-refractivity contribution >= 4 is 15.7 Å². The molecule has 0 aromatic heterocycles. The molecule has 132 valence electrons. The lowest BCUT2D eigenvalue weighted by molar-refractivity contribution is -0.132. The lowest BCUT2D eigenvalue weighted by Gasteiger charge is -2.27. The molecule has 0 bridgehead atoms. The summed E-state index contributed by atoms with van der Waals surface area (Å²) < 4.78 is 25.2. The number of likely N-dealkylation sites (tertiary alicyclic amines) is 1. The number of carbonyl (C=O) groups is 1. The smallest absolute Gasteiger partial charge is 0.223 e. The third-order valence-electron chi connectivity index (χ3n) is 5.40. The van der Waals surface area contributed by atoms with Gasteiger partial charge in [0.2, 0.25) is 5.91 Å². The highest BCUT2D eigenvalue weighted by Crippen LogP contribution is 2.27. The van der Waals surface area contributed by atoms with Crippen LogP contribution in [0.5, 0.6) is 0 Å². The van der Waals surface area contributed by atoms with Crippen LogP contribution in [-0.2, 0) is 27.5 Å². The van der Waals surface area contributed by atoms with Gasteiger partial charge in [0.15, 0.2) is 9.84 Å². The number of hydrogen-bond acceptors (Lipinski definition) is 3. The van der Waals surface area contributed by atoms with Gasteiger partial charge in [-0.25, -0.2) is 8.42 Å². The van der Waals surface area contributed by atoms with E-state index in [0.717, 1.165) is 44.2 Å². The van der Waals surface area contributed by atoms with Gasteiger partial charge in [-0.3, -0.25) is 4.79 Å². The van der Waals surface area contributed by atoms with E-state index < -0.39 is 9.84 Å². The standard InChI is InChI=1S/C19H27NO3S/c1-14(2)18-7-4-11-20(18)19(21)10-12-24(22,23)17-9-8-15-5-3-6-16(15)13-17/h8-9,13-14,18H,3-7,10-12H2,1-2H3. The minimum Gasteiger partial charge on any atom is -0.339 e. The van der Waals surface area contributed by atoms with Crippen molar-refractivity contribution in [3.8, 4) is 0 Å². The van der Waals surface area contributed by atoms with Crippen LogP contribution in [0, 0.1) is 5.92 Å². The van der Waals surface area contributed by atoms with E-state index in [1.54, 1.807) is 6.07 Å². The molecule has 0 spiro atoms. The van der Waals surface area contributed by atoms with E-state index in [2.05, 4.69) is 13.8 Å². The van der Waals surface area contributed by atoms with Gasteiger partial charge >= 0.3 is 0 Å². The maximum absolute atomic E-state index is 12.6. The first-order chi connectivity index (χ1) is 11.4. The average molecular weight is 349 g/mol. The summed E-state index contributed by atoms with van der Waals surface area (Å²) >= 11 is 0. The van der Waals surface area contributed by atoms with Crippen molar-refractivity contribution in [2.45, 2.75) is 63.3 Å². The molecule has 1 aliphatic heterocycles. The molecule has 0 saturated carbocycles. The van der Waals surface area contributed by atoms with Crippen LogP contribution in [0.4, 0.5) is 0 Å². The van der Waals surface area contributed by atoms with E-state index in [4.69, 9.17) is 0 Å². The van der Waals surface area contributed by atoms with Crippen LogP contribution in [0.25, 0.3) is 0 Å². The zero-order valence-electron chi connectivity index (χ0n) is 14.6. The first-order valence-corrected chi connectivity index (χ1v) is 10.7. The van der Waals surface area contributed by atoms with E-state index in [-0.39, 0.29) is 24.1 Å². The SMILES string of the molecule is CC(C)C1CCCN1C(=O)CCS(=O)(=O)c1ccc2c(c1)CCC2. The van der Waals surface area contributed by atoms with Gasteiger partial charge in [0, 0.05) is 19.0 Å². The summed E-state index contributed by atoms with van der Waals surface area (Å²) in [5.74, 6) is 0.312. The van der Waals surface area contributed by atoms with Gasteiger partial charge in [0.25, 0.3) is 0 Å². The quantitative estimate of drug-likeness (QED) is 0.821. The van der Waals surface area contributed by atoms with E-state index in [9.17, 15) is 13.2 Å². The molecule has 24 heavy (non-hydrogen) atoms. The summed E-state index contributed by atoms with van der Waals surface area (Å²) in [6, 6.07) is 5.72. The third-order valence-corrected chi connectivity index (χ3v) is 7.12. The van der Waals surface area contributed by atoms with E-state index in [1.165, 1.54) is 5.56 Å². The Balaban J connectivity index is 1.66. The topological polar surface area (TPSA) is 54.5 Å². The zero-order chi connectivity index (χ0) is 17.3. The Hall–Kier alpha value is -1.36. The van der Waals surface area contributed by atoms with Crippen molar-refractivity contribution in [3.63, 3.8) is 0 Å². The van der Waals surface area contributed by atoms with Crippen LogP contribution < -0.4 is 0 Å². The highest BCUT2D eigenvalue weighted by molar-refractivity contribution is 7.91. The molecule has 5 heteroatoms. The van der Waals surface area contributed by atoms with Crippen LogP contribution >= 0.6 is 0 Å². The van der Waals surface area contributed by atoms with Gasteiger partial charge in [0.05, 0.1) is 10.6 Å². The van der Waals surface area contributed by atoms with E-state index in [1.807, 2.05) is 17.0 Å². The van der Waals surface area contributed by atoms with Crippen LogP contribution in [-0.4, -0.2) is 37.6 Å². The summed E-state index contributed by atoms with van der Waals surface area (Å²) in [4.78, 5) is 14.8. The van der Waals surface area contributed by atoms with Crippen molar-refractivity contribution in [2.24, 2.45) is 5.92 Å². The maximum Gasteiger partial charge on any atom is 0.223 e. The van der Waals surface area contributed by atoms with Gasteiger partial charge in [-0.2, -0.15) is 0 Å². The molecule has 1 amide bonds. The van der Waals surface area contributed by atoms with Crippen molar-refractivity contribution in [1.29, 1.82) is 0 Å². The van der Waals surface area contributed by atoms with Crippen LogP contribution in [0.2, 0.25) is 0 Å². The third kappa shape index (κ3) is 3.51. The molecule has 3 rings (SSSR count). The molecular weight excluding hydrogens is 322 g/mol. The number of fused-ring (bicyclic) bond motifs is 1.